The third-order valence-corrected chi connectivity index (χ3v) is 4.86. The Kier molecular flexibility index (Phi) is 4.87. The van der Waals surface area contributed by atoms with E-state index in [1.54, 1.807) is 19.4 Å². The molecule has 0 radical (unpaired) electrons. The van der Waals surface area contributed by atoms with E-state index in [9.17, 15) is 4.79 Å². The number of carbonyl (C=O) groups excluding carboxylic acids is 1. The van der Waals surface area contributed by atoms with Crippen LogP contribution < -0.4 is 9.47 Å². The van der Waals surface area contributed by atoms with Crippen molar-refractivity contribution in [2.75, 3.05) is 20.2 Å². The molecule has 0 atom stereocenters. The summed E-state index contributed by atoms with van der Waals surface area (Å²) in [4.78, 5) is 14.6. The fourth-order valence-electron chi connectivity index (χ4n) is 3.36. The van der Waals surface area contributed by atoms with Gasteiger partial charge in [-0.05, 0) is 24.3 Å². The van der Waals surface area contributed by atoms with Crippen molar-refractivity contribution in [1.29, 1.82) is 0 Å². The minimum Gasteiger partial charge on any atom is -0.497 e. The quantitative estimate of drug-likeness (QED) is 0.711. The molecule has 6 heteroatoms. The van der Waals surface area contributed by atoms with E-state index in [2.05, 4.69) is 10.2 Å². The lowest BCUT2D eigenvalue weighted by molar-refractivity contribution is 0.0589. The van der Waals surface area contributed by atoms with Gasteiger partial charge in [-0.3, -0.25) is 4.79 Å². The molecule has 1 fully saturated rings. The van der Waals surface area contributed by atoms with E-state index >= 15 is 0 Å². The fourth-order valence-corrected chi connectivity index (χ4v) is 3.36. The lowest BCUT2D eigenvalue weighted by Crippen LogP contribution is -2.41. The van der Waals surface area contributed by atoms with Gasteiger partial charge in [-0.25, -0.2) is 0 Å². The summed E-state index contributed by atoms with van der Waals surface area (Å²) in [7, 11) is 1.60. The average Bonchev–Trinajstić information content (AvgIpc) is 2.74. The van der Waals surface area contributed by atoms with Gasteiger partial charge in [0.15, 0.2) is 0 Å². The molecule has 1 saturated heterocycles. The zero-order chi connectivity index (χ0) is 18.6. The molecule has 1 aliphatic rings. The number of rotatable bonds is 4. The van der Waals surface area contributed by atoms with Gasteiger partial charge in [-0.15, -0.1) is 5.10 Å². The van der Waals surface area contributed by atoms with Gasteiger partial charge in [0, 0.05) is 42.3 Å². The number of piperidine rings is 1. The molecule has 2 heterocycles. The molecule has 27 heavy (non-hydrogen) atoms. The van der Waals surface area contributed by atoms with Crippen LogP contribution in [0.3, 0.4) is 0 Å². The van der Waals surface area contributed by atoms with Crippen LogP contribution >= 0.6 is 0 Å². The van der Waals surface area contributed by atoms with E-state index in [1.807, 2.05) is 47.4 Å². The maximum Gasteiger partial charge on any atom is 0.253 e. The summed E-state index contributed by atoms with van der Waals surface area (Å²) in [5, 5.41) is 10.1. The minimum absolute atomic E-state index is 0.0253. The standard InChI is InChI=1S/C21H21N3O3/c1-26-18-7-4-6-15(13-18)21(25)24-11-9-17(10-12-24)27-20-19-8-3-2-5-16(19)14-22-23-20/h2-8,13-14,17H,9-12H2,1H3. The Morgan fingerprint density at radius 1 is 1.11 bits per heavy atom. The SMILES string of the molecule is COc1cccc(C(=O)N2CCC(Oc3nncc4ccccc34)CC2)c1. The zero-order valence-electron chi connectivity index (χ0n) is 15.2. The van der Waals surface area contributed by atoms with Crippen molar-refractivity contribution in [3.8, 4) is 11.6 Å². The Morgan fingerprint density at radius 3 is 2.74 bits per heavy atom. The van der Waals surface area contributed by atoms with Crippen LogP contribution in [0.2, 0.25) is 0 Å². The van der Waals surface area contributed by atoms with Crippen LogP contribution in [-0.4, -0.2) is 47.3 Å². The molecule has 1 aromatic heterocycles. The number of hydrogen-bond acceptors (Lipinski definition) is 5. The molecule has 0 N–H and O–H groups in total. The number of methoxy groups -OCH3 is 1. The van der Waals surface area contributed by atoms with Crippen LogP contribution in [0.25, 0.3) is 10.8 Å². The van der Waals surface area contributed by atoms with Crippen molar-refractivity contribution in [1.82, 2.24) is 15.1 Å². The summed E-state index contributed by atoms with van der Waals surface area (Å²) >= 11 is 0. The number of hydrogen-bond donors (Lipinski definition) is 0. The summed E-state index contributed by atoms with van der Waals surface area (Å²) in [5.74, 6) is 1.27. The first kappa shape index (κ1) is 17.3. The molecule has 2 aromatic carbocycles. The Bertz CT molecular complexity index is 947. The van der Waals surface area contributed by atoms with E-state index in [0.717, 1.165) is 23.6 Å². The Hall–Kier alpha value is -3.15. The van der Waals surface area contributed by atoms with Crippen LogP contribution in [0, 0.1) is 0 Å². The lowest BCUT2D eigenvalue weighted by atomic mass is 10.1. The number of aromatic nitrogens is 2. The highest BCUT2D eigenvalue weighted by molar-refractivity contribution is 5.94. The molecule has 0 bridgehead atoms. The Morgan fingerprint density at radius 2 is 1.93 bits per heavy atom. The predicted molar refractivity (Wildman–Crippen MR) is 102 cm³/mol. The number of benzene rings is 2. The van der Waals surface area contributed by atoms with Crippen LogP contribution in [0.15, 0.2) is 54.7 Å². The van der Waals surface area contributed by atoms with Gasteiger partial charge in [-0.2, -0.15) is 5.10 Å². The van der Waals surface area contributed by atoms with E-state index in [4.69, 9.17) is 9.47 Å². The number of amides is 1. The molecule has 1 amide bonds. The fraction of sp³-hybridized carbons (Fsp3) is 0.286. The molecular weight excluding hydrogens is 342 g/mol. The predicted octanol–water partition coefficient (Wildman–Crippen LogP) is 3.32. The van der Waals surface area contributed by atoms with Gasteiger partial charge in [-0.1, -0.05) is 24.3 Å². The van der Waals surface area contributed by atoms with Crippen LogP contribution in [0.1, 0.15) is 23.2 Å². The molecule has 3 aromatic rings. The lowest BCUT2D eigenvalue weighted by Gasteiger charge is -2.32. The molecule has 0 saturated carbocycles. The molecule has 0 spiro atoms. The maximum atomic E-state index is 12.7. The number of nitrogens with zero attached hydrogens (tertiary/aromatic N) is 3. The molecule has 4 rings (SSSR count). The second-order valence-electron chi connectivity index (χ2n) is 6.58. The summed E-state index contributed by atoms with van der Waals surface area (Å²) in [6.07, 6.45) is 3.29. The molecule has 6 nitrogen and oxygen atoms in total. The number of ether oxygens (including phenoxy) is 2. The van der Waals surface area contributed by atoms with Gasteiger partial charge in [0.2, 0.25) is 5.88 Å². The first-order valence-corrected chi connectivity index (χ1v) is 9.05. The van der Waals surface area contributed by atoms with Gasteiger partial charge in [0.1, 0.15) is 11.9 Å². The summed E-state index contributed by atoms with van der Waals surface area (Å²) in [5.41, 5.74) is 0.647. The highest BCUT2D eigenvalue weighted by Gasteiger charge is 2.25. The molecule has 0 unspecified atom stereocenters. The monoisotopic (exact) mass is 363 g/mol. The third kappa shape index (κ3) is 3.69. The molecule has 138 valence electrons. The smallest absolute Gasteiger partial charge is 0.253 e. The van der Waals surface area contributed by atoms with Crippen LogP contribution in [0.4, 0.5) is 0 Å². The van der Waals surface area contributed by atoms with Crippen molar-refractivity contribution in [2.24, 2.45) is 0 Å². The van der Waals surface area contributed by atoms with Gasteiger partial charge < -0.3 is 14.4 Å². The molecule has 1 aliphatic heterocycles. The number of likely N-dealkylation sites (tertiary alicyclic amines) is 1. The number of carbonyl (C=O) groups is 1. The summed E-state index contributed by atoms with van der Waals surface area (Å²) < 4.78 is 11.3. The van der Waals surface area contributed by atoms with E-state index < -0.39 is 0 Å². The zero-order valence-corrected chi connectivity index (χ0v) is 15.2. The van der Waals surface area contributed by atoms with Crippen molar-refractivity contribution < 1.29 is 14.3 Å². The topological polar surface area (TPSA) is 64.5 Å². The van der Waals surface area contributed by atoms with Gasteiger partial charge >= 0.3 is 0 Å². The Labute approximate surface area is 157 Å². The summed E-state index contributed by atoms with van der Waals surface area (Å²) in [6.45, 7) is 1.30. The highest BCUT2D eigenvalue weighted by atomic mass is 16.5. The minimum atomic E-state index is 0.0253. The molecule has 0 aliphatic carbocycles. The highest BCUT2D eigenvalue weighted by Crippen LogP contribution is 2.25. The second-order valence-corrected chi connectivity index (χ2v) is 6.58. The van der Waals surface area contributed by atoms with Crippen LogP contribution in [0.5, 0.6) is 11.6 Å². The van der Waals surface area contributed by atoms with E-state index in [0.29, 0.717) is 30.3 Å². The molecular formula is C21H21N3O3. The Balaban J connectivity index is 1.40. The maximum absolute atomic E-state index is 12.7. The first-order chi connectivity index (χ1) is 13.2. The van der Waals surface area contributed by atoms with Gasteiger partial charge in [0.25, 0.3) is 5.91 Å². The van der Waals surface area contributed by atoms with E-state index in [1.165, 1.54) is 0 Å². The van der Waals surface area contributed by atoms with Crippen molar-refractivity contribution in [3.63, 3.8) is 0 Å². The van der Waals surface area contributed by atoms with E-state index in [-0.39, 0.29) is 12.0 Å². The van der Waals surface area contributed by atoms with Crippen molar-refractivity contribution in [2.45, 2.75) is 18.9 Å². The average molecular weight is 363 g/mol. The second kappa shape index (κ2) is 7.61. The van der Waals surface area contributed by atoms with Crippen LogP contribution in [-0.2, 0) is 0 Å². The van der Waals surface area contributed by atoms with Crippen molar-refractivity contribution >= 4 is 16.7 Å². The largest absolute Gasteiger partial charge is 0.497 e. The first-order valence-electron chi connectivity index (χ1n) is 9.05. The summed E-state index contributed by atoms with van der Waals surface area (Å²) in [6, 6.07) is 15.2. The number of fused-ring (bicyclic) bond motifs is 1. The van der Waals surface area contributed by atoms with Gasteiger partial charge in [0.05, 0.1) is 13.3 Å². The third-order valence-electron chi connectivity index (χ3n) is 4.86. The normalized spacial score (nSPS) is 14.9. The van der Waals surface area contributed by atoms with Crippen molar-refractivity contribution in [3.05, 3.63) is 60.3 Å².